The summed E-state index contributed by atoms with van der Waals surface area (Å²) in [7, 11) is 1.61. The van der Waals surface area contributed by atoms with E-state index in [4.69, 9.17) is 10.7 Å². The summed E-state index contributed by atoms with van der Waals surface area (Å²) in [5.74, 6) is 0.242. The number of pyridine rings is 1. The van der Waals surface area contributed by atoms with E-state index >= 15 is 0 Å². The second-order valence-corrected chi connectivity index (χ2v) is 7.31. The number of aryl methyl sites for hydroxylation is 2. The third-order valence-electron chi connectivity index (χ3n) is 4.62. The normalized spacial score (nSPS) is 11.2. The van der Waals surface area contributed by atoms with E-state index in [1.54, 1.807) is 16.5 Å². The van der Waals surface area contributed by atoms with Gasteiger partial charge < -0.3 is 0 Å². The van der Waals surface area contributed by atoms with Crippen LogP contribution >= 0.6 is 0 Å². The topological polar surface area (TPSA) is 110 Å². The number of rotatable bonds is 7. The molecule has 0 radical (unpaired) electrons. The molecule has 9 heteroatoms. The average Bonchev–Trinajstić information content (AvgIpc) is 2.76. The van der Waals surface area contributed by atoms with Gasteiger partial charge in [-0.15, -0.1) is 0 Å². The van der Waals surface area contributed by atoms with Crippen LogP contribution in [-0.2, 0) is 21.8 Å². The number of benzene rings is 1. The van der Waals surface area contributed by atoms with Crippen LogP contribution in [-0.4, -0.2) is 38.9 Å². The summed E-state index contributed by atoms with van der Waals surface area (Å²) in [6.45, 7) is 4.30. The summed E-state index contributed by atoms with van der Waals surface area (Å²) < 4.78 is 1.71. The van der Waals surface area contributed by atoms with Gasteiger partial charge in [0.25, 0.3) is 0 Å². The zero-order valence-electron chi connectivity index (χ0n) is 17.8. The van der Waals surface area contributed by atoms with Crippen molar-refractivity contribution in [2.75, 3.05) is 19.3 Å². The first-order chi connectivity index (χ1) is 14.9. The van der Waals surface area contributed by atoms with Crippen molar-refractivity contribution >= 4 is 16.7 Å². The van der Waals surface area contributed by atoms with Gasteiger partial charge in [-0.1, -0.05) is 0 Å². The quantitative estimate of drug-likeness (QED) is 0.370. The van der Waals surface area contributed by atoms with E-state index in [1.807, 2.05) is 56.3 Å². The third-order valence-corrected chi connectivity index (χ3v) is 4.98. The molecule has 0 aliphatic heterocycles. The standard InChI is InChI=1S/C22H25N7O.V/c1-14-12-17(13-15(2)26-14)19-20(16-8-6-5-7-9-16)27-22(23)29(4)21(19)28-25-11-10-18(30)24-3;/h4-9,12-13,25H,10-11H2,1-3H3,(H2,23,27)(H,24,30);/b28-21-;. The molecule has 3 aromatic rings. The SMILES string of the molecule is CNC(=O)CCN/N=c1/c(-c2cc(C)nc(C)c2)c(-c2ccccc2)nc(N)n1[CH]=[V]. The fourth-order valence-corrected chi connectivity index (χ4v) is 3.61. The predicted octanol–water partition coefficient (Wildman–Crippen LogP) is 1.51. The Labute approximate surface area is 190 Å². The number of nitrogens with two attached hydrogens (primary N) is 1. The van der Waals surface area contributed by atoms with Gasteiger partial charge in [-0.25, -0.2) is 0 Å². The molecule has 8 nitrogen and oxygen atoms in total. The number of carbonyl (C=O) groups excluding carboxylic acids is 1. The number of nitrogen functional groups attached to an aromatic ring is 1. The molecule has 4 N–H and O–H groups in total. The van der Waals surface area contributed by atoms with E-state index in [0.29, 0.717) is 24.4 Å². The van der Waals surface area contributed by atoms with Gasteiger partial charge in [-0.3, -0.25) is 0 Å². The van der Waals surface area contributed by atoms with Crippen LogP contribution in [0.25, 0.3) is 22.4 Å². The molecule has 0 atom stereocenters. The number of amides is 1. The van der Waals surface area contributed by atoms with Gasteiger partial charge in [0.1, 0.15) is 0 Å². The molecule has 31 heavy (non-hydrogen) atoms. The van der Waals surface area contributed by atoms with Crippen molar-refractivity contribution in [1.29, 1.82) is 0 Å². The van der Waals surface area contributed by atoms with Crippen LogP contribution in [0.15, 0.2) is 47.6 Å². The summed E-state index contributed by atoms with van der Waals surface area (Å²) in [4.78, 5) is 22.5. The van der Waals surface area contributed by atoms with E-state index in [2.05, 4.69) is 37.8 Å². The number of nitrogens with zero attached hydrogens (tertiary/aromatic N) is 4. The number of anilines is 1. The van der Waals surface area contributed by atoms with Gasteiger partial charge in [-0.2, -0.15) is 0 Å². The van der Waals surface area contributed by atoms with Crippen LogP contribution < -0.4 is 22.0 Å². The molecule has 0 aliphatic carbocycles. The number of hydrogen-bond acceptors (Lipinski definition) is 6. The molecule has 159 valence electrons. The summed E-state index contributed by atoms with van der Waals surface area (Å²) in [6, 6.07) is 13.9. The molecule has 0 aliphatic rings. The maximum absolute atomic E-state index is 11.6. The van der Waals surface area contributed by atoms with Crippen molar-refractivity contribution in [3.8, 4) is 22.4 Å². The molecule has 0 unspecified atom stereocenters. The minimum absolute atomic E-state index is 0.0610. The van der Waals surface area contributed by atoms with Crippen LogP contribution in [0.3, 0.4) is 0 Å². The number of nitrogens with one attached hydrogen (secondary N) is 2. The second-order valence-electron chi connectivity index (χ2n) is 6.95. The molecular formula is C22H25N7OV. The molecule has 0 spiro atoms. The van der Waals surface area contributed by atoms with Crippen LogP contribution in [0.1, 0.15) is 17.8 Å². The molecule has 0 bridgehead atoms. The van der Waals surface area contributed by atoms with Crippen molar-refractivity contribution in [2.24, 2.45) is 5.10 Å². The van der Waals surface area contributed by atoms with Gasteiger partial charge in [0, 0.05) is 0 Å². The summed E-state index contributed by atoms with van der Waals surface area (Å²) >= 11 is 2.37. The van der Waals surface area contributed by atoms with E-state index in [-0.39, 0.29) is 5.91 Å². The second kappa shape index (κ2) is 10.2. The number of hydrogen-bond donors (Lipinski definition) is 3. The van der Waals surface area contributed by atoms with Crippen LogP contribution in [0.5, 0.6) is 0 Å². The van der Waals surface area contributed by atoms with E-state index < -0.39 is 0 Å². The van der Waals surface area contributed by atoms with Crippen LogP contribution in [0, 0.1) is 13.8 Å². The summed E-state index contributed by atoms with van der Waals surface area (Å²) in [5.41, 5.74) is 15.1. The molecule has 1 amide bonds. The van der Waals surface area contributed by atoms with E-state index in [1.165, 1.54) is 0 Å². The Morgan fingerprint density at radius 3 is 2.45 bits per heavy atom. The molecule has 0 fully saturated rings. The molecule has 0 saturated heterocycles. The van der Waals surface area contributed by atoms with Crippen LogP contribution in [0.2, 0.25) is 0 Å². The third kappa shape index (κ3) is 5.28. The Hall–Kier alpha value is -3.23. The molecule has 2 aromatic heterocycles. The zero-order valence-corrected chi connectivity index (χ0v) is 19.2. The van der Waals surface area contributed by atoms with Crippen molar-refractivity contribution in [3.05, 3.63) is 59.3 Å². The van der Waals surface area contributed by atoms with Crippen molar-refractivity contribution in [1.82, 2.24) is 25.3 Å². The van der Waals surface area contributed by atoms with Gasteiger partial charge in [0.2, 0.25) is 0 Å². The molecule has 0 saturated carbocycles. The Kier molecular flexibility index (Phi) is 7.38. The number of aromatic nitrogens is 3. The van der Waals surface area contributed by atoms with Gasteiger partial charge in [0.15, 0.2) is 0 Å². The van der Waals surface area contributed by atoms with Crippen molar-refractivity contribution in [2.45, 2.75) is 20.3 Å². The monoisotopic (exact) mass is 454 g/mol. The predicted molar refractivity (Wildman–Crippen MR) is 118 cm³/mol. The van der Waals surface area contributed by atoms with Crippen LogP contribution in [0.4, 0.5) is 5.95 Å². The van der Waals surface area contributed by atoms with Gasteiger partial charge >= 0.3 is 190 Å². The Bertz CT molecular complexity index is 1150. The molecule has 3 rings (SSSR count). The fourth-order valence-electron chi connectivity index (χ4n) is 3.26. The molecule has 2 heterocycles. The molecular weight excluding hydrogens is 429 g/mol. The van der Waals surface area contributed by atoms with Gasteiger partial charge in [0.05, 0.1) is 0 Å². The Balaban J connectivity index is 2.29. The van der Waals surface area contributed by atoms with Crippen molar-refractivity contribution in [3.63, 3.8) is 0 Å². The van der Waals surface area contributed by atoms with Crippen molar-refractivity contribution < 1.29 is 21.8 Å². The average molecular weight is 454 g/mol. The minimum atomic E-state index is -0.0610. The molecule has 1 aromatic carbocycles. The first-order valence-corrected chi connectivity index (χ1v) is 10.6. The first kappa shape index (κ1) is 22.5. The maximum atomic E-state index is 11.6. The zero-order chi connectivity index (χ0) is 22.4. The number of carbonyl (C=O) groups is 1. The Morgan fingerprint density at radius 1 is 1.16 bits per heavy atom. The first-order valence-electron chi connectivity index (χ1n) is 9.82. The Morgan fingerprint density at radius 2 is 1.84 bits per heavy atom. The fraction of sp³-hybridized carbons (Fsp3) is 0.227. The summed E-state index contributed by atoms with van der Waals surface area (Å²) in [5, 5.41) is 7.22. The van der Waals surface area contributed by atoms with E-state index in [0.717, 1.165) is 33.8 Å². The summed E-state index contributed by atoms with van der Waals surface area (Å²) in [6.07, 6.45) is 0.306. The van der Waals surface area contributed by atoms with Gasteiger partial charge in [-0.05, 0) is 0 Å². The van der Waals surface area contributed by atoms with E-state index in [9.17, 15) is 4.79 Å².